The Bertz CT molecular complexity index is 1020. The number of amides is 1. The zero-order valence-electron chi connectivity index (χ0n) is 18.9. The summed E-state index contributed by atoms with van der Waals surface area (Å²) >= 11 is 0. The number of carbonyl (C=O) groups is 1. The van der Waals surface area contributed by atoms with Crippen molar-refractivity contribution < 1.29 is 20.1 Å². The van der Waals surface area contributed by atoms with Crippen molar-refractivity contribution in [2.75, 3.05) is 13.1 Å². The highest BCUT2D eigenvalue weighted by Gasteiger charge is 2.12. The zero-order valence-corrected chi connectivity index (χ0v) is 18.9. The van der Waals surface area contributed by atoms with Gasteiger partial charge in [0.2, 0.25) is 5.91 Å². The molecule has 174 valence electrons. The van der Waals surface area contributed by atoms with E-state index >= 15 is 0 Å². The summed E-state index contributed by atoms with van der Waals surface area (Å²) in [5.74, 6) is -0.164. The van der Waals surface area contributed by atoms with Crippen molar-refractivity contribution >= 4 is 5.91 Å². The molecular formula is C27H32N2O4. The fourth-order valence-corrected chi connectivity index (χ4v) is 3.77. The summed E-state index contributed by atoms with van der Waals surface area (Å²) in [6.07, 6.45) is 1.03. The van der Waals surface area contributed by atoms with Crippen molar-refractivity contribution in [3.05, 3.63) is 95.1 Å². The molecule has 0 fully saturated rings. The third-order valence-electron chi connectivity index (χ3n) is 5.45. The molecule has 0 aromatic heterocycles. The fraction of sp³-hybridized carbons (Fsp3) is 0.296. The molecule has 3 rings (SSSR count). The smallest absolute Gasteiger partial charge is 0.224 e. The summed E-state index contributed by atoms with van der Waals surface area (Å²) in [5, 5.41) is 35.8. The number of hydrogen-bond donors (Lipinski definition) is 5. The van der Waals surface area contributed by atoms with Crippen LogP contribution in [0, 0.1) is 0 Å². The molecule has 6 heteroatoms. The molecule has 0 aliphatic heterocycles. The van der Waals surface area contributed by atoms with Crippen LogP contribution in [0.2, 0.25) is 0 Å². The average molecular weight is 449 g/mol. The first-order valence-corrected chi connectivity index (χ1v) is 11.2. The van der Waals surface area contributed by atoms with Crippen molar-refractivity contribution in [2.24, 2.45) is 0 Å². The van der Waals surface area contributed by atoms with E-state index < -0.39 is 6.10 Å². The van der Waals surface area contributed by atoms with Gasteiger partial charge in [-0.1, -0.05) is 54.6 Å². The Morgan fingerprint density at radius 2 is 1.55 bits per heavy atom. The predicted octanol–water partition coefficient (Wildman–Crippen LogP) is 3.25. The number of aromatic hydroxyl groups is 2. The lowest BCUT2D eigenvalue weighted by Gasteiger charge is -2.18. The quantitative estimate of drug-likeness (QED) is 0.310. The van der Waals surface area contributed by atoms with E-state index in [0.29, 0.717) is 18.5 Å². The number of rotatable bonds is 11. The zero-order chi connectivity index (χ0) is 23.6. The second-order valence-electron chi connectivity index (χ2n) is 8.39. The largest absolute Gasteiger partial charge is 0.508 e. The Kier molecular flexibility index (Phi) is 8.87. The van der Waals surface area contributed by atoms with Gasteiger partial charge >= 0.3 is 0 Å². The van der Waals surface area contributed by atoms with Gasteiger partial charge in [0.25, 0.3) is 0 Å². The van der Waals surface area contributed by atoms with E-state index in [4.69, 9.17) is 0 Å². The molecule has 5 N–H and O–H groups in total. The number of phenolic OH excluding ortho intramolecular Hbond substituents is 2. The van der Waals surface area contributed by atoms with Gasteiger partial charge in [-0.25, -0.2) is 0 Å². The number of aliphatic hydroxyl groups is 1. The maximum Gasteiger partial charge on any atom is 0.224 e. The summed E-state index contributed by atoms with van der Waals surface area (Å²) in [6, 6.07) is 22.2. The van der Waals surface area contributed by atoms with Crippen LogP contribution >= 0.6 is 0 Å². The molecule has 0 unspecified atom stereocenters. The predicted molar refractivity (Wildman–Crippen MR) is 129 cm³/mol. The molecule has 3 aromatic carbocycles. The van der Waals surface area contributed by atoms with Crippen LogP contribution in [0.4, 0.5) is 0 Å². The minimum absolute atomic E-state index is 0.00624. The van der Waals surface area contributed by atoms with Crippen molar-refractivity contribution in [1.29, 1.82) is 0 Å². The van der Waals surface area contributed by atoms with Gasteiger partial charge < -0.3 is 26.0 Å². The van der Waals surface area contributed by atoms with E-state index in [1.807, 2.05) is 49.4 Å². The SMILES string of the molecule is C[C@H](Cc1cccc(CC(=O)NCCc2ccccc2)c1)NC[C@H](O)c1cc(O)cc(O)c1. The van der Waals surface area contributed by atoms with Crippen molar-refractivity contribution in [1.82, 2.24) is 10.6 Å². The molecule has 0 heterocycles. The number of hydrogen-bond acceptors (Lipinski definition) is 5. The van der Waals surface area contributed by atoms with E-state index in [-0.39, 0.29) is 30.0 Å². The molecule has 0 saturated heterocycles. The third kappa shape index (κ3) is 8.25. The maximum absolute atomic E-state index is 12.3. The monoisotopic (exact) mass is 448 g/mol. The van der Waals surface area contributed by atoms with Gasteiger partial charge in [-0.15, -0.1) is 0 Å². The van der Waals surface area contributed by atoms with Gasteiger partial charge in [0, 0.05) is 25.2 Å². The molecule has 0 bridgehead atoms. The molecule has 2 atom stereocenters. The second-order valence-corrected chi connectivity index (χ2v) is 8.39. The first-order chi connectivity index (χ1) is 15.9. The van der Waals surface area contributed by atoms with Crippen molar-refractivity contribution in [3.8, 4) is 11.5 Å². The van der Waals surface area contributed by atoms with E-state index in [1.165, 1.54) is 23.8 Å². The number of benzene rings is 3. The Labute approximate surface area is 194 Å². The topological polar surface area (TPSA) is 102 Å². The number of nitrogens with one attached hydrogen (secondary N) is 2. The van der Waals surface area contributed by atoms with Gasteiger partial charge in [0.15, 0.2) is 0 Å². The van der Waals surface area contributed by atoms with Gasteiger partial charge in [-0.2, -0.15) is 0 Å². The maximum atomic E-state index is 12.3. The van der Waals surface area contributed by atoms with Gasteiger partial charge in [0.05, 0.1) is 12.5 Å². The van der Waals surface area contributed by atoms with Crippen molar-refractivity contribution in [2.45, 2.75) is 38.3 Å². The Hall–Kier alpha value is -3.35. The molecule has 3 aromatic rings. The van der Waals surface area contributed by atoms with E-state index in [0.717, 1.165) is 24.0 Å². The van der Waals surface area contributed by atoms with Crippen LogP contribution in [0.25, 0.3) is 0 Å². The fourth-order valence-electron chi connectivity index (χ4n) is 3.77. The van der Waals surface area contributed by atoms with Crippen molar-refractivity contribution in [3.63, 3.8) is 0 Å². The number of aliphatic hydroxyl groups excluding tert-OH is 1. The molecule has 0 spiro atoms. The lowest BCUT2D eigenvalue weighted by Crippen LogP contribution is -2.32. The van der Waals surface area contributed by atoms with Crippen LogP contribution in [-0.4, -0.2) is 40.4 Å². The standard InChI is InChI=1S/C27H32N2O4/c1-19(29-18-26(32)23-15-24(30)17-25(31)16-23)12-21-8-5-9-22(13-21)14-27(33)28-11-10-20-6-3-2-4-7-20/h2-9,13,15-17,19,26,29-32H,10-12,14,18H2,1H3,(H,28,33)/t19-,26+/m1/s1. The number of phenols is 2. The van der Waals surface area contributed by atoms with Crippen LogP contribution in [0.1, 0.15) is 35.3 Å². The Balaban J connectivity index is 1.44. The Morgan fingerprint density at radius 3 is 2.27 bits per heavy atom. The Morgan fingerprint density at radius 1 is 0.879 bits per heavy atom. The lowest BCUT2D eigenvalue weighted by atomic mass is 10.0. The van der Waals surface area contributed by atoms with Crippen LogP contribution in [0.5, 0.6) is 11.5 Å². The molecule has 6 nitrogen and oxygen atoms in total. The minimum atomic E-state index is -0.851. The molecule has 0 aliphatic rings. The highest BCUT2D eigenvalue weighted by Crippen LogP contribution is 2.24. The summed E-state index contributed by atoms with van der Waals surface area (Å²) in [7, 11) is 0. The van der Waals surface area contributed by atoms with E-state index in [1.54, 1.807) is 0 Å². The average Bonchev–Trinajstić information content (AvgIpc) is 2.78. The summed E-state index contributed by atoms with van der Waals surface area (Å²) < 4.78 is 0. The summed E-state index contributed by atoms with van der Waals surface area (Å²) in [4.78, 5) is 12.3. The normalized spacial score (nSPS) is 12.8. The second kappa shape index (κ2) is 12.0. The third-order valence-corrected chi connectivity index (χ3v) is 5.45. The molecule has 0 saturated carbocycles. The highest BCUT2D eigenvalue weighted by molar-refractivity contribution is 5.78. The minimum Gasteiger partial charge on any atom is -0.508 e. The molecule has 0 radical (unpaired) electrons. The number of carbonyl (C=O) groups excluding carboxylic acids is 1. The van der Waals surface area contributed by atoms with Gasteiger partial charge in [-0.3, -0.25) is 4.79 Å². The first kappa shape index (κ1) is 24.3. The van der Waals surface area contributed by atoms with E-state index in [2.05, 4.69) is 22.8 Å². The van der Waals surface area contributed by atoms with Crippen LogP contribution in [0.3, 0.4) is 0 Å². The van der Waals surface area contributed by atoms with Crippen LogP contribution in [0.15, 0.2) is 72.8 Å². The molecule has 33 heavy (non-hydrogen) atoms. The molecular weight excluding hydrogens is 416 g/mol. The van der Waals surface area contributed by atoms with Gasteiger partial charge in [0.1, 0.15) is 11.5 Å². The summed E-state index contributed by atoms with van der Waals surface area (Å²) in [6.45, 7) is 2.92. The van der Waals surface area contributed by atoms with Gasteiger partial charge in [-0.05, 0) is 54.2 Å². The van der Waals surface area contributed by atoms with Crippen LogP contribution in [-0.2, 0) is 24.1 Å². The highest BCUT2D eigenvalue weighted by atomic mass is 16.3. The molecule has 0 aliphatic carbocycles. The first-order valence-electron chi connectivity index (χ1n) is 11.2. The molecule has 1 amide bonds. The summed E-state index contributed by atoms with van der Waals surface area (Å²) in [5.41, 5.74) is 3.72. The lowest BCUT2D eigenvalue weighted by molar-refractivity contribution is -0.120. The van der Waals surface area contributed by atoms with E-state index in [9.17, 15) is 20.1 Å². The van der Waals surface area contributed by atoms with Crippen LogP contribution < -0.4 is 10.6 Å².